The molecule has 139 valence electrons. The van der Waals surface area contributed by atoms with Gasteiger partial charge < -0.3 is 0 Å². The van der Waals surface area contributed by atoms with Crippen LogP contribution >= 0.6 is 0 Å². The molecular weight excluding hydrogens is 416 g/mol. The fourth-order valence-corrected chi connectivity index (χ4v) is 6.51. The zero-order valence-corrected chi connectivity index (χ0v) is 19.1. The van der Waals surface area contributed by atoms with Crippen molar-refractivity contribution in [2.45, 2.75) is 49.1 Å². The van der Waals surface area contributed by atoms with Crippen LogP contribution in [-0.4, -0.2) is 0 Å². The van der Waals surface area contributed by atoms with Gasteiger partial charge in [-0.2, -0.15) is 0 Å². The molecule has 1 fully saturated rings. The van der Waals surface area contributed by atoms with Crippen molar-refractivity contribution in [1.29, 1.82) is 0 Å². The van der Waals surface area contributed by atoms with Crippen molar-refractivity contribution in [3.63, 3.8) is 0 Å². The summed E-state index contributed by atoms with van der Waals surface area (Å²) in [7, 11) is 0. The molecule has 0 nitrogen and oxygen atoms in total. The van der Waals surface area contributed by atoms with E-state index in [0.29, 0.717) is 9.04 Å². The Morgan fingerprint density at radius 2 is 1.71 bits per heavy atom. The van der Waals surface area contributed by atoms with Crippen molar-refractivity contribution in [2.75, 3.05) is 0 Å². The van der Waals surface area contributed by atoms with E-state index in [4.69, 9.17) is 0 Å². The van der Waals surface area contributed by atoms with Gasteiger partial charge in [-0.05, 0) is 0 Å². The Morgan fingerprint density at radius 1 is 0.929 bits per heavy atom. The Balaban J connectivity index is 1.56. The van der Waals surface area contributed by atoms with Crippen LogP contribution in [0.4, 0.5) is 0 Å². The van der Waals surface area contributed by atoms with Gasteiger partial charge in [0.15, 0.2) is 0 Å². The molecule has 5 rings (SSSR count). The molecule has 3 aromatic carbocycles. The Morgan fingerprint density at radius 3 is 2.50 bits per heavy atom. The van der Waals surface area contributed by atoms with E-state index < -0.39 is 0 Å². The second-order valence-corrected chi connectivity index (χ2v) is 10.2. The van der Waals surface area contributed by atoms with Gasteiger partial charge in [-0.1, -0.05) is 0 Å². The van der Waals surface area contributed by atoms with Gasteiger partial charge in [0.1, 0.15) is 0 Å². The van der Waals surface area contributed by atoms with Crippen molar-refractivity contribution in [1.82, 2.24) is 0 Å². The third-order valence-electron chi connectivity index (χ3n) is 7.21. The molecule has 1 heteroatoms. The predicted molar refractivity (Wildman–Crippen MR) is 116 cm³/mol. The number of hydrogen-bond donors (Lipinski definition) is 0. The van der Waals surface area contributed by atoms with Gasteiger partial charge in [-0.3, -0.25) is 0 Å². The third-order valence-corrected chi connectivity index (χ3v) is 8.88. The van der Waals surface area contributed by atoms with Gasteiger partial charge >= 0.3 is 185 Å². The number of benzene rings is 3. The first-order valence-corrected chi connectivity index (χ1v) is 12.1. The van der Waals surface area contributed by atoms with Crippen molar-refractivity contribution in [2.24, 2.45) is 5.41 Å². The summed E-state index contributed by atoms with van der Waals surface area (Å²) in [4.78, 5) is 0. The van der Waals surface area contributed by atoms with E-state index in [1.54, 1.807) is 35.9 Å². The summed E-state index contributed by atoms with van der Waals surface area (Å²) >= 11 is 1.64. The van der Waals surface area contributed by atoms with Crippen LogP contribution in [0.5, 0.6) is 0 Å². The molecule has 0 radical (unpaired) electrons. The normalized spacial score (nSPS) is 20.3. The van der Waals surface area contributed by atoms with E-state index >= 15 is 0 Å². The molecule has 0 N–H and O–H groups in total. The number of rotatable bonds is 4. The van der Waals surface area contributed by atoms with E-state index in [2.05, 4.69) is 73.7 Å². The van der Waals surface area contributed by atoms with Crippen LogP contribution in [0.3, 0.4) is 0 Å². The van der Waals surface area contributed by atoms with Crippen LogP contribution in [0.15, 0.2) is 66.2 Å². The SMILES string of the molecule is CCC1(CC2=Cc3c(-c4ccc5ccccc5c4)cccc3[CH]2[Zr])CCCC1. The fourth-order valence-electron chi connectivity index (χ4n) is 5.44. The molecule has 0 bridgehead atoms. The van der Waals surface area contributed by atoms with Crippen molar-refractivity contribution >= 4 is 16.8 Å². The zero-order valence-electron chi connectivity index (χ0n) is 16.7. The third kappa shape index (κ3) is 3.17. The van der Waals surface area contributed by atoms with E-state index in [1.165, 1.54) is 66.0 Å². The van der Waals surface area contributed by atoms with Crippen LogP contribution in [0.25, 0.3) is 28.0 Å². The van der Waals surface area contributed by atoms with Crippen molar-refractivity contribution in [3.05, 3.63) is 77.4 Å². The van der Waals surface area contributed by atoms with Gasteiger partial charge in [0, 0.05) is 0 Å². The average Bonchev–Trinajstić information content (AvgIpc) is 3.33. The van der Waals surface area contributed by atoms with E-state index in [1.807, 2.05) is 0 Å². The molecule has 0 saturated heterocycles. The zero-order chi connectivity index (χ0) is 19.1. The van der Waals surface area contributed by atoms with Gasteiger partial charge in [0.05, 0.1) is 0 Å². The first-order valence-electron chi connectivity index (χ1n) is 10.7. The maximum atomic E-state index is 2.56. The summed E-state index contributed by atoms with van der Waals surface area (Å²) in [6, 6.07) is 22.6. The van der Waals surface area contributed by atoms with Crippen LogP contribution in [0.1, 0.15) is 60.2 Å². The van der Waals surface area contributed by atoms with Gasteiger partial charge in [-0.25, -0.2) is 0 Å². The van der Waals surface area contributed by atoms with Gasteiger partial charge in [0.2, 0.25) is 0 Å². The Kier molecular flexibility index (Phi) is 4.92. The quantitative estimate of drug-likeness (QED) is 0.386. The molecule has 2 aliphatic rings. The summed E-state index contributed by atoms with van der Waals surface area (Å²) in [5, 5.41) is 2.65. The minimum atomic E-state index is 0.575. The van der Waals surface area contributed by atoms with Crippen LogP contribution in [0, 0.1) is 5.41 Å². The number of fused-ring (bicyclic) bond motifs is 2. The molecule has 28 heavy (non-hydrogen) atoms. The topological polar surface area (TPSA) is 0 Å². The minimum absolute atomic E-state index is 0.575. The molecule has 1 saturated carbocycles. The molecule has 0 heterocycles. The van der Waals surface area contributed by atoms with Crippen LogP contribution < -0.4 is 0 Å². The Labute approximate surface area is 183 Å². The molecular formula is C27H27Zr. The Bertz CT molecular complexity index is 1050. The summed E-state index contributed by atoms with van der Waals surface area (Å²) < 4.78 is 0.645. The predicted octanol–water partition coefficient (Wildman–Crippen LogP) is 7.85. The van der Waals surface area contributed by atoms with E-state index in [9.17, 15) is 0 Å². The second kappa shape index (κ2) is 7.42. The monoisotopic (exact) mass is 441 g/mol. The summed E-state index contributed by atoms with van der Waals surface area (Å²) in [5.74, 6) is 0. The van der Waals surface area contributed by atoms with E-state index in [0.717, 1.165) is 0 Å². The molecule has 0 aliphatic heterocycles. The average molecular weight is 443 g/mol. The number of allylic oxidation sites excluding steroid dienone is 1. The van der Waals surface area contributed by atoms with Crippen LogP contribution in [-0.2, 0) is 24.7 Å². The summed E-state index contributed by atoms with van der Waals surface area (Å²) in [6.07, 6.45) is 10.9. The summed E-state index contributed by atoms with van der Waals surface area (Å²) in [6.45, 7) is 2.41. The Hall–Kier alpha value is -1.46. The molecule has 0 amide bonds. The first kappa shape index (κ1) is 18.6. The second-order valence-electron chi connectivity index (χ2n) is 8.76. The van der Waals surface area contributed by atoms with Gasteiger partial charge in [0.25, 0.3) is 0 Å². The molecule has 0 aromatic heterocycles. The van der Waals surface area contributed by atoms with Crippen LogP contribution in [0.2, 0.25) is 0 Å². The first-order chi connectivity index (χ1) is 13.7. The molecule has 3 aromatic rings. The maximum absolute atomic E-state index is 2.56. The molecule has 1 atom stereocenters. The van der Waals surface area contributed by atoms with Gasteiger partial charge in [-0.15, -0.1) is 0 Å². The van der Waals surface area contributed by atoms with E-state index in [-0.39, 0.29) is 0 Å². The van der Waals surface area contributed by atoms with Crippen molar-refractivity contribution in [3.8, 4) is 11.1 Å². The fraction of sp³-hybridized carbons (Fsp3) is 0.333. The number of hydrogen-bond acceptors (Lipinski definition) is 0. The standard InChI is InChI=1S/C27H27.Zr/c1-2-27(14-5-6-15-27)19-20-16-23-10-7-11-25(26(23)17-20)24-13-12-21-8-3-4-9-22(21)18-24;/h3-4,7-13,16-18H,2,5-6,14-15,19H2,1H3;. The van der Waals surface area contributed by atoms with Crippen molar-refractivity contribution < 1.29 is 24.7 Å². The summed E-state index contributed by atoms with van der Waals surface area (Å²) in [5.41, 5.74) is 8.07. The molecule has 1 unspecified atom stereocenters. The molecule has 2 aliphatic carbocycles. The molecule has 0 spiro atoms.